The number of hydrogen-bond acceptors (Lipinski definition) is 6. The highest BCUT2D eigenvalue weighted by molar-refractivity contribution is 6.01. The fourth-order valence-corrected chi connectivity index (χ4v) is 6.20. The van der Waals surface area contributed by atoms with Crippen LogP contribution < -0.4 is 4.74 Å². The van der Waals surface area contributed by atoms with Crippen LogP contribution in [0.2, 0.25) is 0 Å². The minimum absolute atomic E-state index is 0.208. The molecule has 1 aliphatic heterocycles. The highest BCUT2D eigenvalue weighted by Gasteiger charge is 2.30. The van der Waals surface area contributed by atoms with Crippen molar-refractivity contribution >= 4 is 34.5 Å². The number of benzene rings is 2. The molecule has 0 bridgehead atoms. The Hall–Kier alpha value is -4.33. The molecule has 40 heavy (non-hydrogen) atoms. The number of fused-ring (bicyclic) bond motifs is 5. The summed E-state index contributed by atoms with van der Waals surface area (Å²) in [5.41, 5.74) is 6.47. The Morgan fingerprint density at radius 2 is 1.93 bits per heavy atom. The molecule has 0 spiro atoms. The number of aromatic nitrogens is 2. The molecule has 2 aromatic heterocycles. The van der Waals surface area contributed by atoms with Gasteiger partial charge in [-0.3, -0.25) is 4.79 Å². The summed E-state index contributed by atoms with van der Waals surface area (Å²) in [7, 11) is 3.02. The van der Waals surface area contributed by atoms with Gasteiger partial charge < -0.3 is 23.6 Å². The maximum atomic E-state index is 12.0. The molecule has 206 valence electrons. The van der Waals surface area contributed by atoms with Crippen molar-refractivity contribution in [3.8, 4) is 17.0 Å². The summed E-state index contributed by atoms with van der Waals surface area (Å²) in [6.07, 6.45) is 10.2. The lowest BCUT2D eigenvalue weighted by Gasteiger charge is -2.24. The molecule has 6 rings (SSSR count). The number of ether oxygens (including phenoxy) is 2. The first-order valence-corrected chi connectivity index (χ1v) is 13.8. The SMILES string of the molecule is COC(=O)CCc1cnc(C2=Cc3cc(OC)ccc3-c3c(C4CCCCC4)c4ccc(C(=O)O)cc4n3C2)o1. The third-order valence-electron chi connectivity index (χ3n) is 8.17. The van der Waals surface area contributed by atoms with E-state index in [4.69, 9.17) is 13.9 Å². The Labute approximate surface area is 232 Å². The van der Waals surface area contributed by atoms with Crippen molar-refractivity contribution in [3.05, 3.63) is 70.9 Å². The number of aromatic carboxylic acids is 1. The number of nitrogens with zero attached hydrogens (tertiary/aromatic N) is 2. The minimum atomic E-state index is -0.950. The fraction of sp³-hybridized carbons (Fsp3) is 0.344. The predicted octanol–water partition coefficient (Wildman–Crippen LogP) is 6.71. The molecular weight excluding hydrogens is 508 g/mol. The Balaban J connectivity index is 1.55. The third-order valence-corrected chi connectivity index (χ3v) is 8.17. The first kappa shape index (κ1) is 25.9. The molecular formula is C32H32N2O6. The van der Waals surface area contributed by atoms with Crippen molar-refractivity contribution in [2.45, 2.75) is 57.4 Å². The molecule has 1 aliphatic carbocycles. The predicted molar refractivity (Wildman–Crippen MR) is 151 cm³/mol. The molecule has 1 N–H and O–H groups in total. The zero-order valence-corrected chi connectivity index (χ0v) is 22.7. The quantitative estimate of drug-likeness (QED) is 0.260. The van der Waals surface area contributed by atoms with Gasteiger partial charge in [-0.2, -0.15) is 0 Å². The number of aryl methyl sites for hydroxylation is 1. The number of methoxy groups -OCH3 is 2. The number of esters is 1. The lowest BCUT2D eigenvalue weighted by Crippen LogP contribution is -2.07. The van der Waals surface area contributed by atoms with E-state index in [-0.39, 0.29) is 18.0 Å². The normalized spacial score (nSPS) is 15.2. The van der Waals surface area contributed by atoms with Gasteiger partial charge in [-0.25, -0.2) is 9.78 Å². The van der Waals surface area contributed by atoms with Crippen LogP contribution in [0.5, 0.6) is 5.75 Å². The van der Waals surface area contributed by atoms with Gasteiger partial charge in [0.05, 0.1) is 44.6 Å². The van der Waals surface area contributed by atoms with Crippen molar-refractivity contribution in [2.24, 2.45) is 0 Å². The molecule has 8 nitrogen and oxygen atoms in total. The van der Waals surface area contributed by atoms with Gasteiger partial charge in [0.1, 0.15) is 11.5 Å². The molecule has 2 aliphatic rings. The summed E-state index contributed by atoms with van der Waals surface area (Å²) in [5, 5.41) is 10.9. The Bertz CT molecular complexity index is 1640. The molecule has 0 atom stereocenters. The average molecular weight is 541 g/mol. The maximum Gasteiger partial charge on any atom is 0.335 e. The average Bonchev–Trinajstić information content (AvgIpc) is 3.54. The molecule has 4 aromatic rings. The first-order valence-electron chi connectivity index (χ1n) is 13.8. The van der Waals surface area contributed by atoms with Crippen molar-refractivity contribution in [2.75, 3.05) is 14.2 Å². The summed E-state index contributed by atoms with van der Waals surface area (Å²) in [6, 6.07) is 11.6. The summed E-state index contributed by atoms with van der Waals surface area (Å²) in [4.78, 5) is 28.2. The van der Waals surface area contributed by atoms with Crippen LogP contribution in [0.25, 0.3) is 33.8 Å². The van der Waals surface area contributed by atoms with Crippen LogP contribution in [-0.2, 0) is 22.5 Å². The van der Waals surface area contributed by atoms with Crippen LogP contribution in [0, 0.1) is 0 Å². The van der Waals surface area contributed by atoms with E-state index < -0.39 is 5.97 Å². The number of hydrogen-bond donors (Lipinski definition) is 1. The van der Waals surface area contributed by atoms with Crippen molar-refractivity contribution < 1.29 is 28.6 Å². The molecule has 1 fully saturated rings. The van der Waals surface area contributed by atoms with Gasteiger partial charge in [0, 0.05) is 28.5 Å². The number of rotatable bonds is 7. The van der Waals surface area contributed by atoms with Crippen LogP contribution >= 0.6 is 0 Å². The van der Waals surface area contributed by atoms with Crippen LogP contribution in [0.4, 0.5) is 0 Å². The minimum Gasteiger partial charge on any atom is -0.497 e. The summed E-state index contributed by atoms with van der Waals surface area (Å²) in [6.45, 7) is 0.454. The van der Waals surface area contributed by atoms with Gasteiger partial charge in [-0.05, 0) is 66.3 Å². The topological polar surface area (TPSA) is 104 Å². The Morgan fingerprint density at radius 1 is 1.10 bits per heavy atom. The smallest absolute Gasteiger partial charge is 0.335 e. The molecule has 2 aromatic carbocycles. The number of allylic oxidation sites excluding steroid dienone is 1. The van der Waals surface area contributed by atoms with Crippen LogP contribution in [0.1, 0.15) is 77.6 Å². The molecule has 0 unspecified atom stereocenters. The highest BCUT2D eigenvalue weighted by Crippen LogP contribution is 2.47. The second-order valence-corrected chi connectivity index (χ2v) is 10.6. The summed E-state index contributed by atoms with van der Waals surface area (Å²) >= 11 is 0. The molecule has 0 saturated heterocycles. The van der Waals surface area contributed by atoms with Gasteiger partial charge in [0.15, 0.2) is 0 Å². The van der Waals surface area contributed by atoms with Gasteiger partial charge in [-0.1, -0.05) is 25.3 Å². The monoisotopic (exact) mass is 540 g/mol. The van der Waals surface area contributed by atoms with Crippen LogP contribution in [0.3, 0.4) is 0 Å². The summed E-state index contributed by atoms with van der Waals surface area (Å²) in [5.74, 6) is 0.959. The maximum absolute atomic E-state index is 12.0. The lowest BCUT2D eigenvalue weighted by atomic mass is 9.81. The number of carbonyl (C=O) groups excluding carboxylic acids is 1. The van der Waals surface area contributed by atoms with E-state index in [0.717, 1.165) is 51.9 Å². The van der Waals surface area contributed by atoms with Crippen LogP contribution in [0.15, 0.2) is 47.0 Å². The fourth-order valence-electron chi connectivity index (χ4n) is 6.20. The third kappa shape index (κ3) is 4.68. The van der Waals surface area contributed by atoms with E-state index >= 15 is 0 Å². The van der Waals surface area contributed by atoms with E-state index in [1.54, 1.807) is 25.4 Å². The second-order valence-electron chi connectivity index (χ2n) is 10.6. The van der Waals surface area contributed by atoms with Crippen LogP contribution in [-0.4, -0.2) is 40.8 Å². The lowest BCUT2D eigenvalue weighted by molar-refractivity contribution is -0.140. The Kier molecular flexibility index (Phi) is 6.92. The number of carbonyl (C=O) groups is 2. The zero-order chi connectivity index (χ0) is 27.8. The van der Waals surface area contributed by atoms with E-state index in [2.05, 4.69) is 21.7 Å². The molecule has 1 saturated carbocycles. The molecule has 0 amide bonds. The van der Waals surface area contributed by atoms with E-state index in [1.165, 1.54) is 31.9 Å². The van der Waals surface area contributed by atoms with Gasteiger partial charge in [-0.15, -0.1) is 0 Å². The van der Waals surface area contributed by atoms with E-state index in [9.17, 15) is 14.7 Å². The van der Waals surface area contributed by atoms with Crippen molar-refractivity contribution in [1.29, 1.82) is 0 Å². The van der Waals surface area contributed by atoms with Gasteiger partial charge in [0.2, 0.25) is 5.89 Å². The number of carboxylic acids is 1. The number of oxazole rings is 1. The molecule has 8 heteroatoms. The summed E-state index contributed by atoms with van der Waals surface area (Å²) < 4.78 is 18.7. The van der Waals surface area contributed by atoms with E-state index in [0.29, 0.717) is 30.5 Å². The zero-order valence-electron chi connectivity index (χ0n) is 22.7. The molecule has 3 heterocycles. The molecule has 0 radical (unpaired) electrons. The second kappa shape index (κ2) is 10.7. The van der Waals surface area contributed by atoms with Gasteiger partial charge >= 0.3 is 11.9 Å². The largest absolute Gasteiger partial charge is 0.497 e. The first-order chi connectivity index (χ1) is 19.5. The highest BCUT2D eigenvalue weighted by atomic mass is 16.5. The standard InChI is InChI=1S/C32H32N2O6/c1-38-23-9-12-25-21(15-23)14-22(31-33-17-24(40-31)10-13-28(35)39-2)18-34-27-16-20(32(36)37)8-11-26(27)29(30(25)34)19-6-4-3-5-7-19/h8-9,11-12,14-17,19H,3-7,10,13,18H2,1-2H3,(H,36,37). The van der Waals surface area contributed by atoms with Crippen molar-refractivity contribution in [1.82, 2.24) is 9.55 Å². The Morgan fingerprint density at radius 3 is 2.67 bits per heavy atom. The number of carboxylic acid groups (broad SMARTS) is 1. The van der Waals surface area contributed by atoms with Gasteiger partial charge in [0.25, 0.3) is 0 Å². The van der Waals surface area contributed by atoms with E-state index in [1.807, 2.05) is 18.2 Å². The van der Waals surface area contributed by atoms with Crippen molar-refractivity contribution in [3.63, 3.8) is 0 Å².